The maximum absolute atomic E-state index is 3.56. The molecule has 2 nitrogen and oxygen atoms in total. The van der Waals surface area contributed by atoms with Gasteiger partial charge in [0.25, 0.3) is 0 Å². The van der Waals surface area contributed by atoms with Gasteiger partial charge in [0.2, 0.25) is 0 Å². The van der Waals surface area contributed by atoms with Gasteiger partial charge in [0.1, 0.15) is 0 Å². The van der Waals surface area contributed by atoms with E-state index in [1.165, 1.54) is 31.4 Å². The molecule has 0 amide bonds. The summed E-state index contributed by atoms with van der Waals surface area (Å²) < 4.78 is 0. The van der Waals surface area contributed by atoms with Gasteiger partial charge in [-0.2, -0.15) is 0 Å². The van der Waals surface area contributed by atoms with Crippen LogP contribution in [0.15, 0.2) is 24.5 Å². The van der Waals surface area contributed by atoms with Crippen molar-refractivity contribution in [2.75, 3.05) is 6.54 Å². The van der Waals surface area contributed by atoms with Crippen molar-refractivity contribution in [2.24, 2.45) is 5.92 Å². The average molecular weight is 188 g/mol. The fourth-order valence-electron chi connectivity index (χ4n) is 2.76. The maximum atomic E-state index is 3.56. The van der Waals surface area contributed by atoms with Crippen LogP contribution in [0.5, 0.6) is 0 Å². The van der Waals surface area contributed by atoms with Gasteiger partial charge in [-0.3, -0.25) is 0 Å². The molecular formula is C12H16N2. The van der Waals surface area contributed by atoms with Gasteiger partial charge in [0.15, 0.2) is 0 Å². The first-order valence-electron chi connectivity index (χ1n) is 5.50. The first-order chi connectivity index (χ1) is 6.93. The van der Waals surface area contributed by atoms with Crippen molar-refractivity contribution >= 4 is 5.57 Å². The van der Waals surface area contributed by atoms with Crippen LogP contribution in [-0.4, -0.2) is 17.6 Å². The van der Waals surface area contributed by atoms with Gasteiger partial charge in [0.05, 0.1) is 0 Å². The summed E-state index contributed by atoms with van der Waals surface area (Å²) in [6.07, 6.45) is 10.4. The van der Waals surface area contributed by atoms with Crippen LogP contribution in [0.1, 0.15) is 24.8 Å². The number of hydrogen-bond acceptors (Lipinski definition) is 1. The Morgan fingerprint density at radius 3 is 3.21 bits per heavy atom. The molecule has 14 heavy (non-hydrogen) atoms. The normalized spacial score (nSPS) is 31.3. The molecule has 2 atom stereocenters. The van der Waals surface area contributed by atoms with Crippen LogP contribution in [0.2, 0.25) is 0 Å². The third-order valence-corrected chi connectivity index (χ3v) is 3.49. The zero-order valence-electron chi connectivity index (χ0n) is 8.29. The van der Waals surface area contributed by atoms with E-state index in [0.29, 0.717) is 0 Å². The van der Waals surface area contributed by atoms with E-state index in [4.69, 9.17) is 0 Å². The Morgan fingerprint density at radius 1 is 1.36 bits per heavy atom. The second kappa shape index (κ2) is 3.28. The first kappa shape index (κ1) is 8.30. The maximum Gasteiger partial charge on any atom is 0.0108 e. The number of nitrogens with one attached hydrogen (secondary N) is 2. The lowest BCUT2D eigenvalue weighted by Crippen LogP contribution is -2.40. The smallest absolute Gasteiger partial charge is 0.0108 e. The Kier molecular flexibility index (Phi) is 1.95. The lowest BCUT2D eigenvalue weighted by molar-refractivity contribution is 0.340. The van der Waals surface area contributed by atoms with Crippen molar-refractivity contribution < 1.29 is 0 Å². The predicted octanol–water partition coefficient (Wildman–Crippen LogP) is 2.17. The van der Waals surface area contributed by atoms with Crippen molar-refractivity contribution in [3.8, 4) is 0 Å². The number of hydrogen-bond donors (Lipinski definition) is 2. The van der Waals surface area contributed by atoms with Gasteiger partial charge < -0.3 is 10.3 Å². The predicted molar refractivity (Wildman–Crippen MR) is 57.9 cm³/mol. The highest BCUT2D eigenvalue weighted by molar-refractivity contribution is 5.68. The number of rotatable bonds is 1. The minimum atomic E-state index is 0.747. The molecule has 2 bridgehead atoms. The number of aromatic nitrogens is 1. The van der Waals surface area contributed by atoms with E-state index in [1.54, 1.807) is 5.57 Å². The van der Waals surface area contributed by atoms with E-state index >= 15 is 0 Å². The van der Waals surface area contributed by atoms with E-state index in [2.05, 4.69) is 28.6 Å². The van der Waals surface area contributed by atoms with E-state index in [0.717, 1.165) is 12.0 Å². The molecule has 0 saturated carbocycles. The zero-order chi connectivity index (χ0) is 9.38. The van der Waals surface area contributed by atoms with Gasteiger partial charge in [-0.1, -0.05) is 6.08 Å². The molecule has 1 aromatic heterocycles. The van der Waals surface area contributed by atoms with Crippen LogP contribution in [-0.2, 0) is 0 Å². The quantitative estimate of drug-likeness (QED) is 0.694. The SMILES string of the molecule is C1=C(c2cc[nH]c2)C2CCNC(C1)C2. The van der Waals surface area contributed by atoms with Crippen LogP contribution in [0, 0.1) is 5.92 Å². The van der Waals surface area contributed by atoms with Crippen LogP contribution in [0.4, 0.5) is 0 Å². The first-order valence-corrected chi connectivity index (χ1v) is 5.50. The van der Waals surface area contributed by atoms with Crippen molar-refractivity contribution in [1.82, 2.24) is 10.3 Å². The minimum Gasteiger partial charge on any atom is -0.367 e. The van der Waals surface area contributed by atoms with Gasteiger partial charge >= 0.3 is 0 Å². The molecule has 2 unspecified atom stereocenters. The summed E-state index contributed by atoms with van der Waals surface area (Å²) in [6, 6.07) is 2.94. The molecule has 74 valence electrons. The fourth-order valence-corrected chi connectivity index (χ4v) is 2.76. The highest BCUT2D eigenvalue weighted by atomic mass is 14.9. The molecule has 1 aliphatic carbocycles. The second-order valence-electron chi connectivity index (χ2n) is 4.37. The number of fused-ring (bicyclic) bond motifs is 2. The van der Waals surface area contributed by atoms with Gasteiger partial charge in [-0.25, -0.2) is 0 Å². The summed E-state index contributed by atoms with van der Waals surface area (Å²) in [5.74, 6) is 0.797. The Bertz CT molecular complexity index is 337. The van der Waals surface area contributed by atoms with E-state index < -0.39 is 0 Å². The van der Waals surface area contributed by atoms with E-state index in [1.807, 2.05) is 6.20 Å². The van der Waals surface area contributed by atoms with Crippen LogP contribution < -0.4 is 5.32 Å². The molecule has 2 aliphatic rings. The summed E-state index contributed by atoms with van der Waals surface area (Å²) >= 11 is 0. The zero-order valence-corrected chi connectivity index (χ0v) is 8.29. The third-order valence-electron chi connectivity index (χ3n) is 3.49. The third kappa shape index (κ3) is 1.30. The molecule has 1 fully saturated rings. The Balaban J connectivity index is 1.92. The standard InChI is InChI=1S/C12H16N2/c1-2-12(10-3-5-13-8-10)9-4-6-14-11(1)7-9/h2-3,5,8-9,11,13-14H,1,4,6-7H2. The minimum absolute atomic E-state index is 0.747. The summed E-state index contributed by atoms with van der Waals surface area (Å²) in [6.45, 7) is 1.19. The highest BCUT2D eigenvalue weighted by Gasteiger charge is 2.28. The molecule has 1 aliphatic heterocycles. The lowest BCUT2D eigenvalue weighted by Gasteiger charge is -2.35. The van der Waals surface area contributed by atoms with Crippen LogP contribution in [0.25, 0.3) is 5.57 Å². The Labute approximate surface area is 84.4 Å². The number of aromatic amines is 1. The Hall–Kier alpha value is -1.02. The van der Waals surface area contributed by atoms with Gasteiger partial charge in [-0.15, -0.1) is 0 Å². The van der Waals surface area contributed by atoms with Crippen molar-refractivity contribution in [2.45, 2.75) is 25.3 Å². The van der Waals surface area contributed by atoms with E-state index in [9.17, 15) is 0 Å². The van der Waals surface area contributed by atoms with Crippen molar-refractivity contribution in [3.63, 3.8) is 0 Å². The lowest BCUT2D eigenvalue weighted by atomic mass is 9.78. The van der Waals surface area contributed by atoms with E-state index in [-0.39, 0.29) is 0 Å². The summed E-state index contributed by atoms with van der Waals surface area (Å²) in [5.41, 5.74) is 2.97. The summed E-state index contributed by atoms with van der Waals surface area (Å²) in [4.78, 5) is 3.14. The number of allylic oxidation sites excluding steroid dienone is 1. The van der Waals surface area contributed by atoms with Crippen molar-refractivity contribution in [3.05, 3.63) is 30.1 Å². The monoisotopic (exact) mass is 188 g/mol. The molecular weight excluding hydrogens is 172 g/mol. The molecule has 1 saturated heterocycles. The average Bonchev–Trinajstić information content (AvgIpc) is 2.71. The molecule has 0 radical (unpaired) electrons. The molecule has 2 N–H and O–H groups in total. The van der Waals surface area contributed by atoms with Crippen molar-refractivity contribution in [1.29, 1.82) is 0 Å². The van der Waals surface area contributed by atoms with Gasteiger partial charge in [0, 0.05) is 18.4 Å². The number of piperidine rings is 1. The number of H-pyrrole nitrogens is 1. The molecule has 2 heterocycles. The topological polar surface area (TPSA) is 27.8 Å². The summed E-state index contributed by atoms with van der Waals surface area (Å²) in [7, 11) is 0. The molecule has 0 spiro atoms. The molecule has 2 heteroatoms. The summed E-state index contributed by atoms with van der Waals surface area (Å²) in [5, 5.41) is 3.56. The Morgan fingerprint density at radius 2 is 2.36 bits per heavy atom. The molecule has 0 aromatic carbocycles. The molecule has 1 aromatic rings. The van der Waals surface area contributed by atoms with Crippen LogP contribution in [0.3, 0.4) is 0 Å². The van der Waals surface area contributed by atoms with Gasteiger partial charge in [-0.05, 0) is 48.9 Å². The second-order valence-corrected chi connectivity index (χ2v) is 4.37. The fraction of sp³-hybridized carbons (Fsp3) is 0.500. The van der Waals surface area contributed by atoms with Crippen LogP contribution >= 0.6 is 0 Å². The largest absolute Gasteiger partial charge is 0.367 e. The molecule has 3 rings (SSSR count). The highest BCUT2D eigenvalue weighted by Crippen LogP contribution is 2.36.